The quantitative estimate of drug-likeness (QED) is 0.581. The van der Waals surface area contributed by atoms with Gasteiger partial charge in [-0.3, -0.25) is 0 Å². The second-order valence-corrected chi connectivity index (χ2v) is 9.12. The minimum absolute atomic E-state index is 0.781. The van der Waals surface area contributed by atoms with E-state index in [0.717, 1.165) is 11.8 Å². The summed E-state index contributed by atoms with van der Waals surface area (Å²) in [5, 5.41) is 2.80. The average Bonchev–Trinajstić information content (AvgIpc) is 3.18. The van der Waals surface area contributed by atoms with E-state index in [1.54, 1.807) is 5.56 Å². The summed E-state index contributed by atoms with van der Waals surface area (Å²) < 4.78 is 0. The molecule has 0 saturated heterocycles. The Bertz CT molecular complexity index is 962. The molecule has 0 aromatic heterocycles. The van der Waals surface area contributed by atoms with Gasteiger partial charge in [0.05, 0.1) is 0 Å². The highest BCUT2D eigenvalue weighted by atomic mass is 14.2. The predicted molar refractivity (Wildman–Crippen MR) is 121 cm³/mol. The first-order valence-corrected chi connectivity index (χ1v) is 11.5. The molecule has 0 amide bonds. The molecule has 2 saturated carbocycles. The molecule has 0 aliphatic heterocycles. The van der Waals surface area contributed by atoms with Crippen molar-refractivity contribution in [2.24, 2.45) is 5.92 Å². The molecule has 0 nitrogen and oxygen atoms in total. The van der Waals surface area contributed by atoms with Crippen molar-refractivity contribution < 1.29 is 0 Å². The van der Waals surface area contributed by atoms with Crippen molar-refractivity contribution in [2.75, 3.05) is 0 Å². The maximum absolute atomic E-state index is 2.54. The van der Waals surface area contributed by atoms with Crippen LogP contribution in [0.15, 0.2) is 54.1 Å². The molecule has 0 unspecified atom stereocenters. The first-order chi connectivity index (χ1) is 13.9. The van der Waals surface area contributed by atoms with Crippen LogP contribution in [0, 0.1) is 5.92 Å². The Balaban J connectivity index is 1.44. The molecule has 3 aliphatic rings. The van der Waals surface area contributed by atoms with Crippen molar-refractivity contribution >= 4 is 12.2 Å². The van der Waals surface area contributed by atoms with Gasteiger partial charge in [0.1, 0.15) is 0 Å². The van der Waals surface area contributed by atoms with Crippen molar-refractivity contribution in [3.63, 3.8) is 0 Å². The van der Waals surface area contributed by atoms with Gasteiger partial charge in [0.25, 0.3) is 0 Å². The van der Waals surface area contributed by atoms with Gasteiger partial charge >= 0.3 is 0 Å². The fourth-order valence-corrected chi connectivity index (χ4v) is 5.55. The number of benzene rings is 2. The zero-order chi connectivity index (χ0) is 18.8. The molecule has 0 spiro atoms. The summed E-state index contributed by atoms with van der Waals surface area (Å²) in [7, 11) is 0. The normalized spacial score (nSPS) is 21.9. The highest BCUT2D eigenvalue weighted by Gasteiger charge is 2.16. The molecule has 144 valence electrons. The lowest BCUT2D eigenvalue weighted by atomic mass is 9.83. The van der Waals surface area contributed by atoms with Gasteiger partial charge in [-0.2, -0.15) is 0 Å². The summed E-state index contributed by atoms with van der Waals surface area (Å²) in [6.45, 7) is 0. The highest BCUT2D eigenvalue weighted by molar-refractivity contribution is 5.77. The van der Waals surface area contributed by atoms with Gasteiger partial charge < -0.3 is 0 Å². The zero-order valence-corrected chi connectivity index (χ0v) is 17.0. The molecular weight excluding hydrogens is 336 g/mol. The van der Waals surface area contributed by atoms with Gasteiger partial charge in [0.2, 0.25) is 0 Å². The van der Waals surface area contributed by atoms with Crippen molar-refractivity contribution in [3.8, 4) is 11.1 Å². The summed E-state index contributed by atoms with van der Waals surface area (Å²) in [5.41, 5.74) is 5.72. The van der Waals surface area contributed by atoms with Gasteiger partial charge in [-0.1, -0.05) is 87.1 Å². The summed E-state index contributed by atoms with van der Waals surface area (Å²) >= 11 is 0. The Kier molecular flexibility index (Phi) is 5.21. The monoisotopic (exact) mass is 368 g/mol. The van der Waals surface area contributed by atoms with Crippen LogP contribution in [-0.4, -0.2) is 0 Å². The average molecular weight is 369 g/mol. The number of hydrogen-bond donors (Lipinski definition) is 0. The topological polar surface area (TPSA) is 0 Å². The fraction of sp³-hybridized carbons (Fsp3) is 0.429. The molecule has 2 aromatic carbocycles. The molecule has 0 atom stereocenters. The van der Waals surface area contributed by atoms with Crippen molar-refractivity contribution in [1.29, 1.82) is 0 Å². The molecule has 0 bridgehead atoms. The van der Waals surface area contributed by atoms with Crippen molar-refractivity contribution in [3.05, 3.63) is 70.1 Å². The van der Waals surface area contributed by atoms with Crippen LogP contribution < -0.4 is 10.4 Å². The Morgan fingerprint density at radius 3 is 2.14 bits per heavy atom. The van der Waals surface area contributed by atoms with Crippen LogP contribution >= 0.6 is 0 Å². The van der Waals surface area contributed by atoms with E-state index in [9.17, 15) is 0 Å². The molecule has 2 aromatic rings. The van der Waals surface area contributed by atoms with Crippen LogP contribution in [0.25, 0.3) is 23.3 Å². The van der Waals surface area contributed by atoms with Gasteiger partial charge in [-0.25, -0.2) is 0 Å². The highest BCUT2D eigenvalue weighted by Crippen LogP contribution is 2.33. The summed E-state index contributed by atoms with van der Waals surface area (Å²) in [4.78, 5) is 0. The van der Waals surface area contributed by atoms with Gasteiger partial charge in [-0.05, 0) is 82.4 Å². The molecule has 0 heteroatoms. The van der Waals surface area contributed by atoms with Crippen LogP contribution in [0.3, 0.4) is 0 Å². The minimum Gasteiger partial charge on any atom is -0.0741 e. The lowest BCUT2D eigenvalue weighted by molar-refractivity contribution is 0.419. The van der Waals surface area contributed by atoms with Gasteiger partial charge in [0.15, 0.2) is 0 Å². The molecule has 5 rings (SSSR count). The second-order valence-electron chi connectivity index (χ2n) is 9.12. The third-order valence-electron chi connectivity index (χ3n) is 7.15. The summed E-state index contributed by atoms with van der Waals surface area (Å²) in [6, 6.07) is 16.3. The number of hydrogen-bond acceptors (Lipinski definition) is 0. The SMILES string of the molecule is C(=C1C=c2cccc(-c3ccc(C4CCCCC4)cc3)c2=C1)C1CCCCC1. The maximum atomic E-state index is 2.54. The molecule has 0 N–H and O–H groups in total. The van der Waals surface area contributed by atoms with Crippen molar-refractivity contribution in [2.45, 2.75) is 70.1 Å². The molecular formula is C28H32. The van der Waals surface area contributed by atoms with E-state index in [4.69, 9.17) is 0 Å². The molecule has 28 heavy (non-hydrogen) atoms. The first kappa shape index (κ1) is 18.0. The smallest absolute Gasteiger partial charge is 0.00994 e. The largest absolute Gasteiger partial charge is 0.0741 e. The number of fused-ring (bicyclic) bond motifs is 1. The van der Waals surface area contributed by atoms with Crippen LogP contribution in [0.5, 0.6) is 0 Å². The summed E-state index contributed by atoms with van der Waals surface area (Å²) in [5.74, 6) is 1.57. The van der Waals surface area contributed by atoms with E-state index in [1.165, 1.54) is 91.3 Å². The lowest BCUT2D eigenvalue weighted by Crippen LogP contribution is -2.22. The Morgan fingerprint density at radius 2 is 1.39 bits per heavy atom. The van der Waals surface area contributed by atoms with Gasteiger partial charge in [-0.15, -0.1) is 0 Å². The fourth-order valence-electron chi connectivity index (χ4n) is 5.55. The first-order valence-electron chi connectivity index (χ1n) is 11.5. The molecule has 3 aliphatic carbocycles. The van der Waals surface area contributed by atoms with E-state index in [2.05, 4.69) is 60.7 Å². The van der Waals surface area contributed by atoms with E-state index < -0.39 is 0 Å². The standard InChI is InChI=1S/C28H32/c1-3-8-21(9-4-1)18-22-19-26-12-7-13-27(28(26)20-22)25-16-14-24(15-17-25)23-10-5-2-6-11-23/h7,12-21,23H,1-6,8-11H2. The van der Waals surface area contributed by atoms with E-state index in [1.807, 2.05) is 0 Å². The van der Waals surface area contributed by atoms with E-state index in [-0.39, 0.29) is 0 Å². The predicted octanol–water partition coefficient (Wildman–Crippen LogP) is 6.48. The van der Waals surface area contributed by atoms with Crippen LogP contribution in [0.4, 0.5) is 0 Å². The number of allylic oxidation sites excluding steroid dienone is 2. The van der Waals surface area contributed by atoms with Crippen LogP contribution in [-0.2, 0) is 0 Å². The van der Waals surface area contributed by atoms with Crippen LogP contribution in [0.2, 0.25) is 0 Å². The number of rotatable bonds is 3. The third kappa shape index (κ3) is 3.75. The van der Waals surface area contributed by atoms with Crippen molar-refractivity contribution in [1.82, 2.24) is 0 Å². The molecule has 2 fully saturated rings. The third-order valence-corrected chi connectivity index (χ3v) is 7.15. The molecule has 0 heterocycles. The Morgan fingerprint density at radius 1 is 0.679 bits per heavy atom. The minimum atomic E-state index is 0.781. The second kappa shape index (κ2) is 8.11. The van der Waals surface area contributed by atoms with Gasteiger partial charge in [0, 0.05) is 0 Å². The van der Waals surface area contributed by atoms with Crippen LogP contribution in [0.1, 0.15) is 75.7 Å². The van der Waals surface area contributed by atoms with E-state index >= 15 is 0 Å². The van der Waals surface area contributed by atoms with E-state index in [0.29, 0.717) is 0 Å². The zero-order valence-electron chi connectivity index (χ0n) is 17.0. The lowest BCUT2D eigenvalue weighted by Gasteiger charge is -2.22. The Hall–Kier alpha value is -2.08. The maximum Gasteiger partial charge on any atom is -0.00994 e. The summed E-state index contributed by atoms with van der Waals surface area (Å²) in [6.07, 6.45) is 21.3. The Labute approximate surface area is 169 Å². The molecule has 0 radical (unpaired) electrons.